The van der Waals surface area contributed by atoms with Crippen LogP contribution in [0.3, 0.4) is 0 Å². The van der Waals surface area contributed by atoms with E-state index in [-0.39, 0.29) is 12.5 Å². The smallest absolute Gasteiger partial charge is 0.261 e. The van der Waals surface area contributed by atoms with Crippen LogP contribution in [0.4, 0.5) is 0 Å². The summed E-state index contributed by atoms with van der Waals surface area (Å²) >= 11 is 0. The molecule has 0 spiro atoms. The van der Waals surface area contributed by atoms with E-state index >= 15 is 0 Å². The summed E-state index contributed by atoms with van der Waals surface area (Å²) in [6.07, 6.45) is -0.634. The number of hydrogen-bond acceptors (Lipinski definition) is 5. The van der Waals surface area contributed by atoms with Crippen LogP contribution in [0.1, 0.15) is 29.5 Å². The van der Waals surface area contributed by atoms with Crippen LogP contribution in [-0.2, 0) is 11.3 Å². The molecule has 27 heavy (non-hydrogen) atoms. The van der Waals surface area contributed by atoms with Crippen LogP contribution in [0.25, 0.3) is 11.4 Å². The zero-order chi connectivity index (χ0) is 19.4. The largest absolute Gasteiger partial charge is 0.481 e. The third kappa shape index (κ3) is 4.53. The minimum atomic E-state index is -0.634. The molecule has 2 aromatic carbocycles. The second-order valence-corrected chi connectivity index (χ2v) is 6.55. The van der Waals surface area contributed by atoms with Gasteiger partial charge in [-0.15, -0.1) is 0 Å². The Morgan fingerprint density at radius 1 is 1.15 bits per heavy atom. The first-order valence-electron chi connectivity index (χ1n) is 8.84. The highest BCUT2D eigenvalue weighted by Crippen LogP contribution is 2.22. The molecule has 0 radical (unpaired) electrons. The van der Waals surface area contributed by atoms with Crippen LogP contribution in [-0.4, -0.2) is 22.2 Å². The molecule has 1 aromatic heterocycles. The topological polar surface area (TPSA) is 77.2 Å². The molecule has 0 saturated carbocycles. The number of aryl methyl sites for hydroxylation is 2. The summed E-state index contributed by atoms with van der Waals surface area (Å²) in [5, 5.41) is 6.73. The first kappa shape index (κ1) is 18.6. The highest BCUT2D eigenvalue weighted by atomic mass is 16.5. The van der Waals surface area contributed by atoms with Crippen molar-refractivity contribution in [1.82, 2.24) is 15.5 Å². The van der Waals surface area contributed by atoms with E-state index in [0.717, 1.165) is 22.3 Å². The van der Waals surface area contributed by atoms with E-state index in [0.29, 0.717) is 17.5 Å². The summed E-state index contributed by atoms with van der Waals surface area (Å²) in [6.45, 7) is 7.86. The van der Waals surface area contributed by atoms with Gasteiger partial charge in [-0.2, -0.15) is 4.98 Å². The fourth-order valence-corrected chi connectivity index (χ4v) is 2.55. The minimum Gasteiger partial charge on any atom is -0.481 e. The molecule has 3 rings (SSSR count). The lowest BCUT2D eigenvalue weighted by molar-refractivity contribution is -0.127. The van der Waals surface area contributed by atoms with Gasteiger partial charge in [-0.3, -0.25) is 4.79 Å². The van der Waals surface area contributed by atoms with Gasteiger partial charge in [0.15, 0.2) is 6.10 Å². The maximum absolute atomic E-state index is 12.3. The molecule has 0 aliphatic heterocycles. The van der Waals surface area contributed by atoms with Crippen molar-refractivity contribution in [3.05, 3.63) is 65.0 Å². The summed E-state index contributed by atoms with van der Waals surface area (Å²) in [5.74, 6) is 1.31. The number of nitrogens with one attached hydrogen (secondary N) is 1. The van der Waals surface area contributed by atoms with Crippen molar-refractivity contribution in [2.24, 2.45) is 0 Å². The minimum absolute atomic E-state index is 0.151. The molecule has 1 N–H and O–H groups in total. The van der Waals surface area contributed by atoms with Crippen LogP contribution < -0.4 is 10.1 Å². The summed E-state index contributed by atoms with van der Waals surface area (Å²) in [6, 6.07) is 13.6. The number of carbonyl (C=O) groups is 1. The van der Waals surface area contributed by atoms with Crippen LogP contribution in [0, 0.1) is 20.8 Å². The Morgan fingerprint density at radius 3 is 2.63 bits per heavy atom. The maximum atomic E-state index is 12.3. The highest BCUT2D eigenvalue weighted by Gasteiger charge is 2.17. The van der Waals surface area contributed by atoms with E-state index in [1.165, 1.54) is 0 Å². The predicted molar refractivity (Wildman–Crippen MR) is 102 cm³/mol. The molecule has 0 fully saturated rings. The summed E-state index contributed by atoms with van der Waals surface area (Å²) in [4.78, 5) is 16.6. The van der Waals surface area contributed by atoms with Crippen LogP contribution in [0.5, 0.6) is 5.75 Å². The number of aromatic nitrogens is 2. The maximum Gasteiger partial charge on any atom is 0.261 e. The molecule has 6 nitrogen and oxygen atoms in total. The Labute approximate surface area is 158 Å². The van der Waals surface area contributed by atoms with Crippen LogP contribution in [0.15, 0.2) is 47.0 Å². The number of benzene rings is 2. The van der Waals surface area contributed by atoms with Gasteiger partial charge in [0.05, 0.1) is 6.54 Å². The quantitative estimate of drug-likeness (QED) is 0.720. The van der Waals surface area contributed by atoms with Gasteiger partial charge < -0.3 is 14.6 Å². The Balaban J connectivity index is 1.57. The van der Waals surface area contributed by atoms with Crippen molar-refractivity contribution in [3.63, 3.8) is 0 Å². The zero-order valence-electron chi connectivity index (χ0n) is 15.9. The molecule has 0 saturated heterocycles. The average molecular weight is 365 g/mol. The van der Waals surface area contributed by atoms with Gasteiger partial charge in [0.2, 0.25) is 11.7 Å². The standard InChI is InChI=1S/C21H23N3O3/c1-13-8-10-17(11-9-13)20-23-19(27-24-20)12-22-21(25)16(4)26-18-7-5-6-14(2)15(18)3/h5-11,16H,12H2,1-4H3,(H,22,25)/t16-/m1/s1. The number of carbonyl (C=O) groups excluding carboxylic acids is 1. The first-order valence-corrected chi connectivity index (χ1v) is 8.84. The van der Waals surface area contributed by atoms with Gasteiger partial charge >= 0.3 is 0 Å². The van der Waals surface area contributed by atoms with Crippen molar-refractivity contribution < 1.29 is 14.1 Å². The molecule has 1 heterocycles. The van der Waals surface area contributed by atoms with E-state index in [2.05, 4.69) is 15.5 Å². The van der Waals surface area contributed by atoms with Crippen molar-refractivity contribution >= 4 is 5.91 Å². The van der Waals surface area contributed by atoms with Gasteiger partial charge in [-0.05, 0) is 44.9 Å². The Bertz CT molecular complexity index is 932. The molecular weight excluding hydrogens is 342 g/mol. The molecule has 6 heteroatoms. The molecule has 1 atom stereocenters. The summed E-state index contributed by atoms with van der Waals surface area (Å²) in [7, 11) is 0. The summed E-state index contributed by atoms with van der Waals surface area (Å²) < 4.78 is 11.0. The Hall–Kier alpha value is -3.15. The molecule has 3 aromatic rings. The predicted octanol–water partition coefficient (Wildman–Crippen LogP) is 3.75. The first-order chi connectivity index (χ1) is 12.9. The molecular formula is C21H23N3O3. The lowest BCUT2D eigenvalue weighted by Crippen LogP contribution is -2.36. The second kappa shape index (κ2) is 8.03. The number of ether oxygens (including phenoxy) is 1. The van der Waals surface area contributed by atoms with Gasteiger partial charge in [0.1, 0.15) is 5.75 Å². The third-order valence-corrected chi connectivity index (χ3v) is 4.42. The normalized spacial score (nSPS) is 11.9. The average Bonchev–Trinajstić information content (AvgIpc) is 3.13. The second-order valence-electron chi connectivity index (χ2n) is 6.55. The number of hydrogen-bond donors (Lipinski definition) is 1. The third-order valence-electron chi connectivity index (χ3n) is 4.42. The van der Waals surface area contributed by atoms with Crippen molar-refractivity contribution in [2.45, 2.75) is 40.3 Å². The fourth-order valence-electron chi connectivity index (χ4n) is 2.55. The van der Waals surface area contributed by atoms with Gasteiger partial charge in [-0.25, -0.2) is 0 Å². The molecule has 0 bridgehead atoms. The van der Waals surface area contributed by atoms with E-state index in [1.54, 1.807) is 6.92 Å². The monoisotopic (exact) mass is 365 g/mol. The van der Waals surface area contributed by atoms with Crippen LogP contribution in [0.2, 0.25) is 0 Å². The number of amides is 1. The lowest BCUT2D eigenvalue weighted by atomic mass is 10.1. The van der Waals surface area contributed by atoms with Crippen LogP contribution >= 0.6 is 0 Å². The van der Waals surface area contributed by atoms with E-state index in [9.17, 15) is 4.79 Å². The molecule has 1 amide bonds. The van der Waals surface area contributed by atoms with E-state index in [4.69, 9.17) is 9.26 Å². The van der Waals surface area contributed by atoms with Crippen molar-refractivity contribution in [2.75, 3.05) is 0 Å². The van der Waals surface area contributed by atoms with Gasteiger partial charge in [0.25, 0.3) is 5.91 Å². The van der Waals surface area contributed by atoms with Crippen molar-refractivity contribution in [3.8, 4) is 17.1 Å². The van der Waals surface area contributed by atoms with Crippen molar-refractivity contribution in [1.29, 1.82) is 0 Å². The molecule has 0 aliphatic carbocycles. The van der Waals surface area contributed by atoms with Gasteiger partial charge in [-0.1, -0.05) is 47.1 Å². The lowest BCUT2D eigenvalue weighted by Gasteiger charge is -2.16. The zero-order valence-corrected chi connectivity index (χ0v) is 15.9. The van der Waals surface area contributed by atoms with Gasteiger partial charge in [0, 0.05) is 5.56 Å². The Morgan fingerprint density at radius 2 is 1.89 bits per heavy atom. The SMILES string of the molecule is Cc1ccc(-c2noc(CNC(=O)[C@@H](C)Oc3cccc(C)c3C)n2)cc1. The molecule has 140 valence electrons. The van der Waals surface area contributed by atoms with E-state index in [1.807, 2.05) is 63.2 Å². The number of rotatable bonds is 6. The number of nitrogens with zero attached hydrogens (tertiary/aromatic N) is 2. The molecule has 0 unspecified atom stereocenters. The summed E-state index contributed by atoms with van der Waals surface area (Å²) in [5.41, 5.74) is 4.17. The van der Waals surface area contributed by atoms with E-state index < -0.39 is 6.10 Å². The fraction of sp³-hybridized carbons (Fsp3) is 0.286. The molecule has 0 aliphatic rings. The highest BCUT2D eigenvalue weighted by molar-refractivity contribution is 5.80. The Kier molecular flexibility index (Phi) is 5.54.